The molecule has 2 heterocycles. The number of rotatable bonds is 10. The summed E-state index contributed by atoms with van der Waals surface area (Å²) in [6, 6.07) is 18.8. The molecule has 0 bridgehead atoms. The summed E-state index contributed by atoms with van der Waals surface area (Å²) in [5.41, 5.74) is 2.53. The minimum atomic E-state index is -0.967. The second-order valence-corrected chi connectivity index (χ2v) is 9.69. The minimum Gasteiger partial charge on any atom is -0.497 e. The molecule has 0 spiro atoms. The summed E-state index contributed by atoms with van der Waals surface area (Å²) in [7, 11) is 1.58. The highest BCUT2D eigenvalue weighted by Gasteiger charge is 2.34. The summed E-state index contributed by atoms with van der Waals surface area (Å²) in [4.78, 5) is 29.5. The largest absolute Gasteiger partial charge is 0.497 e. The molecule has 4 aromatic rings. The number of hydrogen-bond donors (Lipinski definition) is 1. The van der Waals surface area contributed by atoms with E-state index >= 15 is 0 Å². The SMILES string of the molecule is COc1ccc([C@@H](C(=O)NCCC(C)C)N(C(=O)Cn2nnc3ccccc32)c2ccc3c(c2)OCO3)cc1. The molecule has 0 unspecified atom stereocenters. The van der Waals surface area contributed by atoms with Crippen molar-refractivity contribution in [3.8, 4) is 17.2 Å². The van der Waals surface area contributed by atoms with Crippen molar-refractivity contribution in [2.45, 2.75) is 32.9 Å². The summed E-state index contributed by atoms with van der Waals surface area (Å²) in [5, 5.41) is 11.4. The van der Waals surface area contributed by atoms with Gasteiger partial charge in [0.05, 0.1) is 12.6 Å². The Bertz CT molecular complexity index is 1470. The molecule has 1 aliphatic heterocycles. The lowest BCUT2D eigenvalue weighted by Crippen LogP contribution is -2.45. The highest BCUT2D eigenvalue weighted by Crippen LogP contribution is 2.38. The number of aromatic nitrogens is 3. The second kappa shape index (κ2) is 11.4. The predicted molar refractivity (Wildman–Crippen MR) is 146 cm³/mol. The Morgan fingerprint density at radius 2 is 1.82 bits per heavy atom. The fourth-order valence-electron chi connectivity index (χ4n) is 4.50. The van der Waals surface area contributed by atoms with Gasteiger partial charge in [-0.2, -0.15) is 0 Å². The van der Waals surface area contributed by atoms with E-state index < -0.39 is 6.04 Å². The van der Waals surface area contributed by atoms with Crippen LogP contribution in [0.5, 0.6) is 17.2 Å². The lowest BCUT2D eigenvalue weighted by atomic mass is 10.0. The summed E-state index contributed by atoms with van der Waals surface area (Å²) in [6.07, 6.45) is 0.810. The van der Waals surface area contributed by atoms with Gasteiger partial charge in [-0.1, -0.05) is 43.3 Å². The number of fused-ring (bicyclic) bond motifs is 2. The fourth-order valence-corrected chi connectivity index (χ4v) is 4.50. The molecule has 1 aliphatic rings. The lowest BCUT2D eigenvalue weighted by Gasteiger charge is -2.32. The first-order valence-electron chi connectivity index (χ1n) is 12.9. The van der Waals surface area contributed by atoms with E-state index in [1.54, 1.807) is 54.3 Å². The van der Waals surface area contributed by atoms with Gasteiger partial charge in [-0.25, -0.2) is 4.68 Å². The highest BCUT2D eigenvalue weighted by molar-refractivity contribution is 6.01. The molecule has 39 heavy (non-hydrogen) atoms. The van der Waals surface area contributed by atoms with Crippen LogP contribution >= 0.6 is 0 Å². The number of methoxy groups -OCH3 is 1. The zero-order valence-corrected chi connectivity index (χ0v) is 22.2. The molecule has 1 atom stereocenters. The number of ether oxygens (including phenoxy) is 3. The third kappa shape index (κ3) is 5.64. The maximum absolute atomic E-state index is 14.1. The maximum atomic E-state index is 14.1. The topological polar surface area (TPSA) is 108 Å². The third-order valence-corrected chi connectivity index (χ3v) is 6.57. The van der Waals surface area contributed by atoms with Gasteiger partial charge in [0.15, 0.2) is 11.5 Å². The maximum Gasteiger partial charge on any atom is 0.249 e. The lowest BCUT2D eigenvalue weighted by molar-refractivity contribution is -0.127. The Morgan fingerprint density at radius 3 is 2.59 bits per heavy atom. The van der Waals surface area contributed by atoms with E-state index in [2.05, 4.69) is 29.5 Å². The molecule has 202 valence electrons. The van der Waals surface area contributed by atoms with Gasteiger partial charge in [0.1, 0.15) is 23.9 Å². The summed E-state index contributed by atoms with van der Waals surface area (Å²) in [6.45, 7) is 4.65. The number of hydrogen-bond acceptors (Lipinski definition) is 7. The number of carbonyl (C=O) groups is 2. The van der Waals surface area contributed by atoms with E-state index in [0.29, 0.717) is 46.5 Å². The van der Waals surface area contributed by atoms with Gasteiger partial charge in [0, 0.05) is 18.3 Å². The Hall–Kier alpha value is -4.60. The van der Waals surface area contributed by atoms with E-state index in [1.165, 1.54) is 4.90 Å². The van der Waals surface area contributed by atoms with E-state index in [1.807, 2.05) is 24.3 Å². The molecule has 0 fully saturated rings. The molecule has 0 radical (unpaired) electrons. The predicted octanol–water partition coefficient (Wildman–Crippen LogP) is 4.11. The number of para-hydroxylation sites is 1. The molecule has 0 saturated carbocycles. The van der Waals surface area contributed by atoms with Crippen LogP contribution in [0.2, 0.25) is 0 Å². The Kier molecular flexibility index (Phi) is 7.62. The first-order chi connectivity index (χ1) is 18.9. The number of anilines is 1. The van der Waals surface area contributed by atoms with Gasteiger partial charge in [-0.05, 0) is 54.3 Å². The van der Waals surface area contributed by atoms with Gasteiger partial charge in [0.25, 0.3) is 0 Å². The van der Waals surface area contributed by atoms with Crippen LogP contribution in [0.4, 0.5) is 5.69 Å². The third-order valence-electron chi connectivity index (χ3n) is 6.57. The number of benzene rings is 3. The van der Waals surface area contributed by atoms with Crippen LogP contribution in [0.15, 0.2) is 66.7 Å². The van der Waals surface area contributed by atoms with Crippen LogP contribution in [0.3, 0.4) is 0 Å². The fraction of sp³-hybridized carbons (Fsp3) is 0.310. The molecule has 0 saturated heterocycles. The van der Waals surface area contributed by atoms with Crippen molar-refractivity contribution in [3.05, 3.63) is 72.3 Å². The van der Waals surface area contributed by atoms with Crippen LogP contribution in [0, 0.1) is 5.92 Å². The Labute approximate surface area is 226 Å². The van der Waals surface area contributed by atoms with Crippen LogP contribution < -0.4 is 24.4 Å². The molecule has 0 aliphatic carbocycles. The summed E-state index contributed by atoms with van der Waals surface area (Å²) < 4.78 is 17.9. The van der Waals surface area contributed by atoms with E-state index in [0.717, 1.165) is 11.9 Å². The van der Waals surface area contributed by atoms with Crippen LogP contribution in [0.1, 0.15) is 31.9 Å². The summed E-state index contributed by atoms with van der Waals surface area (Å²) >= 11 is 0. The molecule has 10 nitrogen and oxygen atoms in total. The normalized spacial score (nSPS) is 12.9. The van der Waals surface area contributed by atoms with Crippen LogP contribution in [-0.2, 0) is 16.1 Å². The summed E-state index contributed by atoms with van der Waals surface area (Å²) in [5.74, 6) is 1.50. The molecule has 3 aromatic carbocycles. The number of amides is 2. The molecular formula is C29H31N5O5. The Balaban J connectivity index is 1.57. The number of nitrogens with one attached hydrogen (secondary N) is 1. The molecule has 2 amide bonds. The zero-order valence-electron chi connectivity index (χ0n) is 22.2. The molecule has 1 aromatic heterocycles. The van der Waals surface area contributed by atoms with Gasteiger partial charge >= 0.3 is 0 Å². The van der Waals surface area contributed by atoms with E-state index in [9.17, 15) is 9.59 Å². The molecular weight excluding hydrogens is 498 g/mol. The van der Waals surface area contributed by atoms with Gasteiger partial charge in [-0.3, -0.25) is 14.5 Å². The minimum absolute atomic E-state index is 0.0925. The van der Waals surface area contributed by atoms with Crippen molar-refractivity contribution < 1.29 is 23.8 Å². The average Bonchev–Trinajstić information content (AvgIpc) is 3.58. The average molecular weight is 530 g/mol. The molecule has 5 rings (SSSR count). The second-order valence-electron chi connectivity index (χ2n) is 9.69. The van der Waals surface area contributed by atoms with Gasteiger partial charge in [0.2, 0.25) is 18.6 Å². The van der Waals surface area contributed by atoms with E-state index in [4.69, 9.17) is 14.2 Å². The standard InChI is InChI=1S/C29H31N5O5/c1-19(2)14-15-30-29(36)28(20-8-11-22(37-3)12-9-20)34(21-10-13-25-26(16-21)39-18-38-25)27(35)17-33-24-7-5-4-6-23(24)31-32-33/h4-13,16,19,28H,14-15,17-18H2,1-3H3,(H,30,36)/t28-/m0/s1. The van der Waals surface area contributed by atoms with Crippen molar-refractivity contribution in [1.82, 2.24) is 20.3 Å². The first-order valence-corrected chi connectivity index (χ1v) is 12.9. The van der Waals surface area contributed by atoms with Gasteiger partial charge in [-0.15, -0.1) is 5.10 Å². The molecule has 10 heteroatoms. The first kappa shape index (κ1) is 26.0. The Morgan fingerprint density at radius 1 is 1.05 bits per heavy atom. The molecule has 1 N–H and O–H groups in total. The smallest absolute Gasteiger partial charge is 0.249 e. The quantitative estimate of drug-likeness (QED) is 0.329. The van der Waals surface area contributed by atoms with Crippen molar-refractivity contribution >= 4 is 28.5 Å². The van der Waals surface area contributed by atoms with Crippen molar-refractivity contribution in [1.29, 1.82) is 0 Å². The van der Waals surface area contributed by atoms with Crippen LogP contribution in [-0.4, -0.2) is 47.3 Å². The van der Waals surface area contributed by atoms with Crippen molar-refractivity contribution in [2.24, 2.45) is 5.92 Å². The highest BCUT2D eigenvalue weighted by atomic mass is 16.7. The van der Waals surface area contributed by atoms with E-state index in [-0.39, 0.29) is 25.2 Å². The van der Waals surface area contributed by atoms with Gasteiger partial charge < -0.3 is 19.5 Å². The van der Waals surface area contributed by atoms with Crippen LogP contribution in [0.25, 0.3) is 11.0 Å². The van der Waals surface area contributed by atoms with Crippen molar-refractivity contribution in [3.63, 3.8) is 0 Å². The zero-order chi connectivity index (χ0) is 27.4. The number of carbonyl (C=O) groups excluding carboxylic acids is 2. The van der Waals surface area contributed by atoms with Crippen molar-refractivity contribution in [2.75, 3.05) is 25.3 Å². The monoisotopic (exact) mass is 529 g/mol. The number of nitrogens with zero attached hydrogens (tertiary/aromatic N) is 4.